The van der Waals surface area contributed by atoms with Crippen LogP contribution >= 0.6 is 11.3 Å². The Kier molecular flexibility index (Phi) is 7.78. The van der Waals surface area contributed by atoms with Gasteiger partial charge in [-0.1, -0.05) is 6.08 Å². The van der Waals surface area contributed by atoms with Crippen molar-refractivity contribution in [2.75, 3.05) is 26.2 Å². The molecule has 0 aromatic carbocycles. The Labute approximate surface area is 170 Å². The lowest BCUT2D eigenvalue weighted by molar-refractivity contribution is -0.192. The van der Waals surface area contributed by atoms with Crippen molar-refractivity contribution >= 4 is 23.2 Å². The first kappa shape index (κ1) is 23.3. The first-order chi connectivity index (χ1) is 13.6. The van der Waals surface area contributed by atoms with Crippen LogP contribution in [0.1, 0.15) is 24.8 Å². The van der Waals surface area contributed by atoms with Gasteiger partial charge in [-0.25, -0.2) is 9.78 Å². The molecule has 7 nitrogen and oxygen atoms in total. The monoisotopic (exact) mass is 435 g/mol. The molecule has 0 aliphatic carbocycles. The van der Waals surface area contributed by atoms with E-state index in [1.54, 1.807) is 17.4 Å². The van der Waals surface area contributed by atoms with Crippen molar-refractivity contribution in [3.63, 3.8) is 0 Å². The lowest BCUT2D eigenvalue weighted by Crippen LogP contribution is -2.63. The summed E-state index contributed by atoms with van der Waals surface area (Å²) in [5, 5.41) is 10.3. The van der Waals surface area contributed by atoms with Crippen LogP contribution in [-0.2, 0) is 20.9 Å². The van der Waals surface area contributed by atoms with Gasteiger partial charge < -0.3 is 14.7 Å². The van der Waals surface area contributed by atoms with Crippen LogP contribution in [0.2, 0.25) is 0 Å². The molecule has 2 fully saturated rings. The summed E-state index contributed by atoms with van der Waals surface area (Å²) in [6.45, 7) is 9.56. The van der Waals surface area contributed by atoms with E-state index in [4.69, 9.17) is 14.6 Å². The number of carboxylic acids is 1. The average Bonchev–Trinajstić information content (AvgIpc) is 3.17. The van der Waals surface area contributed by atoms with Crippen molar-refractivity contribution in [2.45, 2.75) is 44.1 Å². The summed E-state index contributed by atoms with van der Waals surface area (Å²) < 4.78 is 37.8. The first-order valence-corrected chi connectivity index (χ1v) is 9.92. The Morgan fingerprint density at radius 3 is 2.59 bits per heavy atom. The Bertz CT molecular complexity index is 704. The zero-order valence-electron chi connectivity index (χ0n) is 16.0. The molecule has 162 valence electrons. The molecule has 1 N–H and O–H groups in total. The van der Waals surface area contributed by atoms with Gasteiger partial charge in [0.1, 0.15) is 11.6 Å². The molecule has 1 unspecified atom stereocenters. The molecular formula is C18H24F3N3O4S. The second-order valence-electron chi connectivity index (χ2n) is 6.87. The van der Waals surface area contributed by atoms with Crippen LogP contribution in [-0.4, -0.2) is 75.8 Å². The molecule has 1 aromatic rings. The summed E-state index contributed by atoms with van der Waals surface area (Å²) in [4.78, 5) is 29.6. The normalized spacial score (nSPS) is 22.1. The Balaban J connectivity index is 0.000000370. The largest absolute Gasteiger partial charge is 0.490 e. The van der Waals surface area contributed by atoms with Gasteiger partial charge in [0, 0.05) is 31.2 Å². The molecule has 1 aromatic heterocycles. The third-order valence-electron chi connectivity index (χ3n) is 5.15. The summed E-state index contributed by atoms with van der Waals surface area (Å²) in [6.07, 6.45) is 0.489. The van der Waals surface area contributed by atoms with Crippen LogP contribution in [0.15, 0.2) is 24.2 Å². The van der Waals surface area contributed by atoms with Crippen molar-refractivity contribution < 1.29 is 32.6 Å². The van der Waals surface area contributed by atoms with Gasteiger partial charge in [-0.3, -0.25) is 9.69 Å². The Morgan fingerprint density at radius 2 is 2.10 bits per heavy atom. The maximum absolute atomic E-state index is 12.0. The number of rotatable bonds is 4. The predicted octanol–water partition coefficient (Wildman–Crippen LogP) is 2.54. The number of likely N-dealkylation sites (tertiary alicyclic amines) is 1. The fourth-order valence-corrected chi connectivity index (χ4v) is 4.14. The molecule has 1 amide bonds. The number of alkyl halides is 3. The summed E-state index contributed by atoms with van der Waals surface area (Å²) in [5.41, 5.74) is -0.198. The van der Waals surface area contributed by atoms with Crippen LogP contribution in [0, 0.1) is 0 Å². The van der Waals surface area contributed by atoms with Crippen LogP contribution in [0.25, 0.3) is 0 Å². The van der Waals surface area contributed by atoms with Crippen molar-refractivity contribution in [3.8, 4) is 0 Å². The molecule has 0 bridgehead atoms. The second kappa shape index (κ2) is 9.68. The van der Waals surface area contributed by atoms with Gasteiger partial charge in [0.05, 0.1) is 18.2 Å². The van der Waals surface area contributed by atoms with Gasteiger partial charge in [-0.2, -0.15) is 13.2 Å². The molecule has 2 aliphatic heterocycles. The van der Waals surface area contributed by atoms with Crippen LogP contribution in [0.4, 0.5) is 13.2 Å². The molecule has 2 saturated heterocycles. The number of ether oxygens (including phenoxy) is 1. The number of hydrogen-bond acceptors (Lipinski definition) is 6. The standard InChI is InChI=1S/C16H23N3O2S.C2HF3O2/c1-3-7-19-13(2)16(21-12-15(19)20)4-8-18(9-5-16)11-14-17-6-10-22-14;3-2(4,5)1(6)7/h3,6,10,13H,1,4-5,7-9,11-12H2,2H3;(H,6,7). The van der Waals surface area contributed by atoms with Crippen LogP contribution in [0.3, 0.4) is 0 Å². The molecular weight excluding hydrogens is 411 g/mol. The van der Waals surface area contributed by atoms with Gasteiger partial charge in [-0.05, 0) is 19.8 Å². The van der Waals surface area contributed by atoms with E-state index in [0.717, 1.165) is 37.5 Å². The zero-order chi connectivity index (χ0) is 21.7. The fourth-order valence-electron chi connectivity index (χ4n) is 3.48. The number of halogens is 3. The van der Waals surface area contributed by atoms with E-state index >= 15 is 0 Å². The number of piperidine rings is 1. The molecule has 0 saturated carbocycles. The number of aliphatic carboxylic acids is 1. The number of nitrogens with zero attached hydrogens (tertiary/aromatic N) is 3. The number of morpholine rings is 1. The van der Waals surface area contributed by atoms with Crippen molar-refractivity contribution in [2.24, 2.45) is 0 Å². The number of thiazole rings is 1. The molecule has 3 rings (SSSR count). The molecule has 1 spiro atoms. The topological polar surface area (TPSA) is 83.0 Å². The number of hydrogen-bond donors (Lipinski definition) is 1. The lowest BCUT2D eigenvalue weighted by Gasteiger charge is -2.51. The highest BCUT2D eigenvalue weighted by molar-refractivity contribution is 7.09. The SMILES string of the molecule is C=CCN1C(=O)COC2(CCN(Cc3nccs3)CC2)C1C.O=C(O)C(F)(F)F. The summed E-state index contributed by atoms with van der Waals surface area (Å²) in [5.74, 6) is -2.68. The molecule has 2 aliphatic rings. The van der Waals surface area contributed by atoms with E-state index in [1.807, 2.05) is 16.5 Å². The minimum atomic E-state index is -5.08. The highest BCUT2D eigenvalue weighted by Gasteiger charge is 2.47. The van der Waals surface area contributed by atoms with E-state index in [2.05, 4.69) is 23.4 Å². The molecule has 0 radical (unpaired) electrons. The average molecular weight is 435 g/mol. The summed E-state index contributed by atoms with van der Waals surface area (Å²) in [6, 6.07) is 0.105. The summed E-state index contributed by atoms with van der Waals surface area (Å²) >= 11 is 1.70. The fraction of sp³-hybridized carbons (Fsp3) is 0.611. The van der Waals surface area contributed by atoms with E-state index < -0.39 is 12.1 Å². The maximum atomic E-state index is 12.0. The smallest absolute Gasteiger partial charge is 0.475 e. The van der Waals surface area contributed by atoms with Gasteiger partial charge in [0.2, 0.25) is 5.91 Å². The minimum Gasteiger partial charge on any atom is -0.475 e. The molecule has 1 atom stereocenters. The van der Waals surface area contributed by atoms with Crippen LogP contribution in [0.5, 0.6) is 0 Å². The molecule has 29 heavy (non-hydrogen) atoms. The van der Waals surface area contributed by atoms with Gasteiger partial charge in [0.25, 0.3) is 0 Å². The number of amides is 1. The number of carbonyl (C=O) groups is 2. The molecule has 3 heterocycles. The highest BCUT2D eigenvalue weighted by Crippen LogP contribution is 2.36. The molecule has 11 heteroatoms. The third-order valence-corrected chi connectivity index (χ3v) is 5.91. The maximum Gasteiger partial charge on any atom is 0.490 e. The van der Waals surface area contributed by atoms with E-state index in [1.165, 1.54) is 0 Å². The Hall–Kier alpha value is -1.98. The second-order valence-corrected chi connectivity index (χ2v) is 7.85. The van der Waals surface area contributed by atoms with Crippen molar-refractivity contribution in [3.05, 3.63) is 29.2 Å². The minimum absolute atomic E-state index is 0.0724. The van der Waals surface area contributed by atoms with Gasteiger partial charge in [0.15, 0.2) is 0 Å². The lowest BCUT2D eigenvalue weighted by atomic mass is 9.82. The first-order valence-electron chi connectivity index (χ1n) is 9.04. The van der Waals surface area contributed by atoms with E-state index in [0.29, 0.717) is 6.54 Å². The van der Waals surface area contributed by atoms with Gasteiger partial charge in [-0.15, -0.1) is 17.9 Å². The van der Waals surface area contributed by atoms with Gasteiger partial charge >= 0.3 is 12.1 Å². The number of aromatic nitrogens is 1. The number of carboxylic acid groups (broad SMARTS) is 1. The quantitative estimate of drug-likeness (QED) is 0.732. The predicted molar refractivity (Wildman–Crippen MR) is 100 cm³/mol. The highest BCUT2D eigenvalue weighted by atomic mass is 32.1. The van der Waals surface area contributed by atoms with Crippen molar-refractivity contribution in [1.29, 1.82) is 0 Å². The van der Waals surface area contributed by atoms with E-state index in [-0.39, 0.29) is 24.2 Å². The van der Waals surface area contributed by atoms with Crippen LogP contribution < -0.4 is 0 Å². The Morgan fingerprint density at radius 1 is 1.48 bits per heavy atom. The third kappa shape index (κ3) is 6.00. The summed E-state index contributed by atoms with van der Waals surface area (Å²) in [7, 11) is 0. The van der Waals surface area contributed by atoms with Crippen molar-refractivity contribution in [1.82, 2.24) is 14.8 Å². The van der Waals surface area contributed by atoms with E-state index in [9.17, 15) is 18.0 Å². The zero-order valence-corrected chi connectivity index (χ0v) is 16.8. The number of carbonyl (C=O) groups excluding carboxylic acids is 1.